The van der Waals surface area contributed by atoms with Gasteiger partial charge in [-0.3, -0.25) is 14.4 Å². The number of hydrogen-bond donors (Lipinski definition) is 1. The smallest absolute Gasteiger partial charge is 0.311 e. The third-order valence-electron chi connectivity index (χ3n) is 4.38. The summed E-state index contributed by atoms with van der Waals surface area (Å²) >= 11 is 12.1. The molecule has 7 nitrogen and oxygen atoms in total. The predicted molar refractivity (Wildman–Crippen MR) is 110 cm³/mol. The summed E-state index contributed by atoms with van der Waals surface area (Å²) in [7, 11) is 1.49. The predicted octanol–water partition coefficient (Wildman–Crippen LogP) is 3.54. The van der Waals surface area contributed by atoms with Gasteiger partial charge in [0.15, 0.2) is 6.61 Å². The number of amides is 2. The molecule has 29 heavy (non-hydrogen) atoms. The highest BCUT2D eigenvalue weighted by Gasteiger charge is 2.37. The molecule has 1 heterocycles. The monoisotopic (exact) mass is 436 g/mol. The molecule has 1 saturated heterocycles. The lowest BCUT2D eigenvalue weighted by Gasteiger charge is -2.18. The Bertz CT molecular complexity index is 950. The summed E-state index contributed by atoms with van der Waals surface area (Å²) in [5.74, 6) is -1.62. The molecule has 2 amide bonds. The molecule has 1 N–H and O–H groups in total. The number of rotatable bonds is 6. The average Bonchev–Trinajstić information content (AvgIpc) is 3.10. The molecular formula is C20H18Cl2N2O5. The zero-order valence-electron chi connectivity index (χ0n) is 15.5. The normalized spacial score (nSPS) is 15.9. The minimum absolute atomic E-state index is 0.0319. The molecule has 0 aliphatic carbocycles. The van der Waals surface area contributed by atoms with E-state index in [-0.39, 0.29) is 18.9 Å². The van der Waals surface area contributed by atoms with Crippen LogP contribution >= 0.6 is 23.2 Å². The van der Waals surface area contributed by atoms with E-state index >= 15 is 0 Å². The van der Waals surface area contributed by atoms with Gasteiger partial charge in [-0.15, -0.1) is 0 Å². The Morgan fingerprint density at radius 1 is 1.21 bits per heavy atom. The average molecular weight is 437 g/mol. The molecule has 0 unspecified atom stereocenters. The molecule has 1 aliphatic rings. The number of carbonyl (C=O) groups is 3. The first-order valence-corrected chi connectivity index (χ1v) is 9.49. The number of hydrogen-bond acceptors (Lipinski definition) is 5. The van der Waals surface area contributed by atoms with Crippen LogP contribution in [0.3, 0.4) is 0 Å². The quantitative estimate of drug-likeness (QED) is 0.699. The summed E-state index contributed by atoms with van der Waals surface area (Å²) in [5, 5.41) is 3.40. The van der Waals surface area contributed by atoms with Gasteiger partial charge in [0.05, 0.1) is 29.4 Å². The van der Waals surface area contributed by atoms with Gasteiger partial charge in [0, 0.05) is 18.0 Å². The van der Waals surface area contributed by atoms with E-state index in [1.54, 1.807) is 42.5 Å². The molecule has 3 rings (SSSR count). The van der Waals surface area contributed by atoms with Crippen molar-refractivity contribution < 1.29 is 23.9 Å². The van der Waals surface area contributed by atoms with Gasteiger partial charge in [-0.25, -0.2) is 0 Å². The van der Waals surface area contributed by atoms with E-state index in [1.807, 2.05) is 0 Å². The molecule has 1 fully saturated rings. The second kappa shape index (κ2) is 9.15. The molecule has 1 atom stereocenters. The summed E-state index contributed by atoms with van der Waals surface area (Å²) in [6.07, 6.45) is -0.0319. The van der Waals surface area contributed by atoms with E-state index in [9.17, 15) is 14.4 Å². The van der Waals surface area contributed by atoms with Crippen molar-refractivity contribution in [1.29, 1.82) is 0 Å². The van der Waals surface area contributed by atoms with Crippen molar-refractivity contribution in [3.05, 3.63) is 52.5 Å². The number of benzene rings is 2. The van der Waals surface area contributed by atoms with Crippen LogP contribution in [0.4, 0.5) is 11.4 Å². The van der Waals surface area contributed by atoms with Crippen molar-refractivity contribution in [3.63, 3.8) is 0 Å². The highest BCUT2D eigenvalue weighted by Crippen LogP contribution is 2.33. The maximum Gasteiger partial charge on any atom is 0.311 e. The number of anilines is 2. The molecule has 2 aromatic rings. The number of para-hydroxylation sites is 2. The van der Waals surface area contributed by atoms with E-state index in [4.69, 9.17) is 32.7 Å². The lowest BCUT2D eigenvalue weighted by molar-refractivity contribution is -0.151. The van der Waals surface area contributed by atoms with Gasteiger partial charge < -0.3 is 19.7 Å². The molecule has 152 valence electrons. The summed E-state index contributed by atoms with van der Waals surface area (Å²) < 4.78 is 10.2. The molecule has 0 aromatic heterocycles. The van der Waals surface area contributed by atoms with Crippen LogP contribution in [-0.2, 0) is 19.1 Å². The Labute approximate surface area is 177 Å². The van der Waals surface area contributed by atoms with Crippen LogP contribution in [0.25, 0.3) is 0 Å². The topological polar surface area (TPSA) is 84.9 Å². The molecule has 9 heteroatoms. The van der Waals surface area contributed by atoms with E-state index in [0.29, 0.717) is 27.2 Å². The zero-order valence-corrected chi connectivity index (χ0v) is 17.0. The van der Waals surface area contributed by atoms with Crippen LogP contribution < -0.4 is 15.0 Å². The van der Waals surface area contributed by atoms with Gasteiger partial charge in [0.1, 0.15) is 5.75 Å². The van der Waals surface area contributed by atoms with Crippen molar-refractivity contribution >= 4 is 52.4 Å². The van der Waals surface area contributed by atoms with Crippen LogP contribution in [-0.4, -0.2) is 38.0 Å². The maximum absolute atomic E-state index is 12.3. The second-order valence-corrected chi connectivity index (χ2v) is 7.20. The van der Waals surface area contributed by atoms with Gasteiger partial charge in [-0.2, -0.15) is 0 Å². The van der Waals surface area contributed by atoms with Gasteiger partial charge in [0.2, 0.25) is 5.91 Å². The van der Waals surface area contributed by atoms with E-state index in [1.165, 1.54) is 12.0 Å². The van der Waals surface area contributed by atoms with Crippen molar-refractivity contribution in [1.82, 2.24) is 0 Å². The molecule has 0 saturated carbocycles. The number of methoxy groups -OCH3 is 1. The van der Waals surface area contributed by atoms with Crippen LogP contribution in [0.2, 0.25) is 10.0 Å². The van der Waals surface area contributed by atoms with E-state index in [0.717, 1.165) is 0 Å². The highest BCUT2D eigenvalue weighted by atomic mass is 35.5. The summed E-state index contributed by atoms with van der Waals surface area (Å²) in [6.45, 7) is -0.370. The Morgan fingerprint density at radius 2 is 1.97 bits per heavy atom. The lowest BCUT2D eigenvalue weighted by atomic mass is 10.1. The van der Waals surface area contributed by atoms with Crippen LogP contribution in [0.5, 0.6) is 5.75 Å². The van der Waals surface area contributed by atoms with Crippen molar-refractivity contribution in [2.24, 2.45) is 5.92 Å². The maximum atomic E-state index is 12.3. The number of nitrogens with zero attached hydrogens (tertiary/aromatic N) is 1. The number of ether oxygens (including phenoxy) is 2. The van der Waals surface area contributed by atoms with E-state index < -0.39 is 24.4 Å². The first kappa shape index (κ1) is 21.0. The second-order valence-electron chi connectivity index (χ2n) is 6.36. The fourth-order valence-corrected chi connectivity index (χ4v) is 3.37. The lowest BCUT2D eigenvalue weighted by Crippen LogP contribution is -2.28. The first-order valence-electron chi connectivity index (χ1n) is 8.74. The number of esters is 1. The standard InChI is InChI=1S/C20H18Cl2N2O5/c1-28-17-5-3-2-4-15(17)23-18(25)11-29-20(27)12-8-19(26)24(10-12)16-9-13(21)6-7-14(16)22/h2-7,9,12H,8,10-11H2,1H3,(H,23,25)/t12-/m1/s1. The number of halogens is 2. The Hall–Kier alpha value is -2.77. The summed E-state index contributed by atoms with van der Waals surface area (Å²) in [6, 6.07) is 11.6. The molecular weight excluding hydrogens is 419 g/mol. The Kier molecular flexibility index (Phi) is 6.61. The van der Waals surface area contributed by atoms with E-state index in [2.05, 4.69) is 5.32 Å². The highest BCUT2D eigenvalue weighted by molar-refractivity contribution is 6.35. The fourth-order valence-electron chi connectivity index (χ4n) is 2.98. The molecule has 2 aromatic carbocycles. The SMILES string of the molecule is COc1ccccc1NC(=O)COC(=O)[C@@H]1CC(=O)N(c2cc(Cl)ccc2Cl)C1. The van der Waals surface area contributed by atoms with Crippen molar-refractivity contribution in [3.8, 4) is 5.75 Å². The zero-order chi connectivity index (χ0) is 21.0. The largest absolute Gasteiger partial charge is 0.495 e. The Balaban J connectivity index is 1.57. The van der Waals surface area contributed by atoms with Crippen molar-refractivity contribution in [2.75, 3.05) is 30.5 Å². The number of nitrogens with one attached hydrogen (secondary N) is 1. The Morgan fingerprint density at radius 3 is 2.72 bits per heavy atom. The molecule has 1 aliphatic heterocycles. The van der Waals surface area contributed by atoms with Crippen LogP contribution in [0.15, 0.2) is 42.5 Å². The summed E-state index contributed by atoms with van der Waals surface area (Å²) in [4.78, 5) is 38.1. The third kappa shape index (κ3) is 4.99. The van der Waals surface area contributed by atoms with Crippen LogP contribution in [0, 0.1) is 5.92 Å². The minimum Gasteiger partial charge on any atom is -0.495 e. The van der Waals surface area contributed by atoms with Crippen LogP contribution in [0.1, 0.15) is 6.42 Å². The third-order valence-corrected chi connectivity index (χ3v) is 4.94. The van der Waals surface area contributed by atoms with Gasteiger partial charge in [-0.1, -0.05) is 35.3 Å². The minimum atomic E-state index is -0.698. The van der Waals surface area contributed by atoms with Gasteiger partial charge in [-0.05, 0) is 30.3 Å². The van der Waals surface area contributed by atoms with Gasteiger partial charge >= 0.3 is 5.97 Å². The first-order chi connectivity index (χ1) is 13.9. The molecule has 0 bridgehead atoms. The molecule has 0 radical (unpaired) electrons. The van der Waals surface area contributed by atoms with Crippen molar-refractivity contribution in [2.45, 2.75) is 6.42 Å². The summed E-state index contributed by atoms with van der Waals surface area (Å²) in [5.41, 5.74) is 0.905. The fraction of sp³-hybridized carbons (Fsp3) is 0.250. The number of carbonyl (C=O) groups excluding carboxylic acids is 3. The molecule has 0 spiro atoms. The van der Waals surface area contributed by atoms with Gasteiger partial charge in [0.25, 0.3) is 5.91 Å².